The summed E-state index contributed by atoms with van der Waals surface area (Å²) in [6.07, 6.45) is 3.12. The zero-order chi connectivity index (χ0) is 11.4. The molecule has 0 N–H and O–H groups in total. The summed E-state index contributed by atoms with van der Waals surface area (Å²) < 4.78 is 5.47. The molecule has 78 valence electrons. The van der Waals surface area contributed by atoms with Crippen molar-refractivity contribution in [2.45, 2.75) is 6.92 Å². The normalized spacial score (nSPS) is 9.50. The highest BCUT2D eigenvalue weighted by molar-refractivity contribution is 5.39. The van der Waals surface area contributed by atoms with Crippen LogP contribution in [0.1, 0.15) is 11.3 Å². The fourth-order valence-corrected chi connectivity index (χ4v) is 1.16. The van der Waals surface area contributed by atoms with Crippen LogP contribution in [0.2, 0.25) is 0 Å². The van der Waals surface area contributed by atoms with E-state index >= 15 is 0 Å². The van der Waals surface area contributed by atoms with Gasteiger partial charge in [-0.1, -0.05) is 0 Å². The Balaban J connectivity index is 2.35. The van der Waals surface area contributed by atoms with Gasteiger partial charge in [0, 0.05) is 6.20 Å². The third-order valence-corrected chi connectivity index (χ3v) is 1.97. The second-order valence-corrected chi connectivity index (χ2v) is 3.05. The Hall–Kier alpha value is -2.48. The number of aryl methyl sites for hydroxylation is 1. The zero-order valence-electron chi connectivity index (χ0n) is 8.58. The number of pyridine rings is 1. The Kier molecular flexibility index (Phi) is 2.74. The molecule has 2 rings (SSSR count). The summed E-state index contributed by atoms with van der Waals surface area (Å²) in [4.78, 5) is 4.07. The van der Waals surface area contributed by atoms with Gasteiger partial charge in [0.2, 0.25) is 0 Å². The number of aromatic nitrogens is 3. The van der Waals surface area contributed by atoms with Gasteiger partial charge in [-0.25, -0.2) is 0 Å². The van der Waals surface area contributed by atoms with Gasteiger partial charge in [0.25, 0.3) is 5.88 Å². The van der Waals surface area contributed by atoms with E-state index in [1.54, 1.807) is 24.4 Å². The maximum absolute atomic E-state index is 8.85. The van der Waals surface area contributed by atoms with Crippen LogP contribution in [0.5, 0.6) is 11.6 Å². The monoisotopic (exact) mass is 212 g/mol. The van der Waals surface area contributed by atoms with Crippen LogP contribution in [0, 0.1) is 18.3 Å². The lowest BCUT2D eigenvalue weighted by Crippen LogP contribution is -1.95. The van der Waals surface area contributed by atoms with Crippen molar-refractivity contribution >= 4 is 0 Å². The first-order valence-electron chi connectivity index (χ1n) is 4.62. The average Bonchev–Trinajstić information content (AvgIpc) is 2.33. The highest BCUT2D eigenvalue weighted by Gasteiger charge is 2.07. The van der Waals surface area contributed by atoms with Crippen LogP contribution in [0.25, 0.3) is 0 Å². The summed E-state index contributed by atoms with van der Waals surface area (Å²) in [6, 6.07) is 7.05. The van der Waals surface area contributed by atoms with Crippen molar-refractivity contribution in [2.24, 2.45) is 0 Å². The fraction of sp³-hybridized carbons (Fsp3) is 0.0909. The van der Waals surface area contributed by atoms with E-state index < -0.39 is 0 Å². The van der Waals surface area contributed by atoms with E-state index in [-0.39, 0.29) is 5.88 Å². The molecule has 0 fully saturated rings. The molecule has 0 aliphatic rings. The first-order chi connectivity index (χ1) is 7.81. The molecule has 0 atom stereocenters. The Morgan fingerprint density at radius 2 is 2.19 bits per heavy atom. The van der Waals surface area contributed by atoms with E-state index in [0.29, 0.717) is 11.3 Å². The molecule has 5 nitrogen and oxygen atoms in total. The molecule has 0 aliphatic carbocycles. The zero-order valence-corrected chi connectivity index (χ0v) is 8.58. The molecular weight excluding hydrogens is 204 g/mol. The van der Waals surface area contributed by atoms with E-state index in [4.69, 9.17) is 10.00 Å². The molecule has 16 heavy (non-hydrogen) atoms. The van der Waals surface area contributed by atoms with Crippen molar-refractivity contribution in [3.8, 4) is 17.7 Å². The fourth-order valence-electron chi connectivity index (χ4n) is 1.16. The van der Waals surface area contributed by atoms with Gasteiger partial charge in [-0.05, 0) is 25.1 Å². The van der Waals surface area contributed by atoms with Gasteiger partial charge in [-0.15, -0.1) is 5.10 Å². The molecule has 0 saturated heterocycles. The summed E-state index contributed by atoms with van der Waals surface area (Å²) in [5.41, 5.74) is 1.08. The van der Waals surface area contributed by atoms with Crippen molar-refractivity contribution in [3.05, 3.63) is 41.9 Å². The molecule has 0 bridgehead atoms. The lowest BCUT2D eigenvalue weighted by Gasteiger charge is -2.06. The molecule has 2 aromatic heterocycles. The largest absolute Gasteiger partial charge is 0.435 e. The number of hydrogen-bond acceptors (Lipinski definition) is 5. The predicted molar refractivity (Wildman–Crippen MR) is 55.8 cm³/mol. The van der Waals surface area contributed by atoms with E-state index in [0.717, 1.165) is 5.69 Å². The van der Waals surface area contributed by atoms with Crippen molar-refractivity contribution < 1.29 is 4.74 Å². The quantitative estimate of drug-likeness (QED) is 0.759. The third kappa shape index (κ3) is 1.96. The minimum Gasteiger partial charge on any atom is -0.435 e. The molecule has 0 aromatic carbocycles. The highest BCUT2D eigenvalue weighted by atomic mass is 16.5. The molecule has 2 aromatic rings. The van der Waals surface area contributed by atoms with Crippen molar-refractivity contribution in [1.82, 2.24) is 15.2 Å². The van der Waals surface area contributed by atoms with Gasteiger partial charge in [-0.3, -0.25) is 4.98 Å². The third-order valence-electron chi connectivity index (χ3n) is 1.97. The molecule has 5 heteroatoms. The van der Waals surface area contributed by atoms with E-state index in [9.17, 15) is 0 Å². The summed E-state index contributed by atoms with van der Waals surface area (Å²) in [7, 11) is 0. The van der Waals surface area contributed by atoms with Gasteiger partial charge in [0.15, 0.2) is 5.75 Å². The average molecular weight is 212 g/mol. The van der Waals surface area contributed by atoms with Gasteiger partial charge in [0.1, 0.15) is 11.6 Å². The highest BCUT2D eigenvalue weighted by Crippen LogP contribution is 2.23. The molecule has 0 radical (unpaired) electrons. The molecule has 0 saturated carbocycles. The number of ether oxygens (including phenoxy) is 1. The second kappa shape index (κ2) is 4.36. The molecule has 0 amide bonds. The Bertz CT molecular complexity index is 548. The second-order valence-electron chi connectivity index (χ2n) is 3.05. The maximum Gasteiger partial charge on any atom is 0.257 e. The van der Waals surface area contributed by atoms with Gasteiger partial charge in [0.05, 0.1) is 11.9 Å². The minimum absolute atomic E-state index is 0.195. The Morgan fingerprint density at radius 1 is 1.31 bits per heavy atom. The van der Waals surface area contributed by atoms with Crippen molar-refractivity contribution in [3.63, 3.8) is 0 Å². The van der Waals surface area contributed by atoms with Crippen LogP contribution in [-0.4, -0.2) is 15.2 Å². The number of hydrogen-bond donors (Lipinski definition) is 0. The maximum atomic E-state index is 8.85. The summed E-state index contributed by atoms with van der Waals surface area (Å²) in [5, 5.41) is 16.3. The van der Waals surface area contributed by atoms with Crippen molar-refractivity contribution in [1.29, 1.82) is 5.26 Å². The van der Waals surface area contributed by atoms with Gasteiger partial charge >= 0.3 is 0 Å². The lowest BCUT2D eigenvalue weighted by atomic mass is 10.3. The number of nitriles is 1. The molecule has 2 heterocycles. The first kappa shape index (κ1) is 10.1. The van der Waals surface area contributed by atoms with Crippen LogP contribution >= 0.6 is 0 Å². The van der Waals surface area contributed by atoms with E-state index in [1.807, 2.05) is 13.0 Å². The van der Waals surface area contributed by atoms with Crippen LogP contribution in [0.3, 0.4) is 0 Å². The van der Waals surface area contributed by atoms with Crippen LogP contribution in [0.15, 0.2) is 30.6 Å². The molecular formula is C11H8N4O. The lowest BCUT2D eigenvalue weighted by molar-refractivity contribution is 0.447. The van der Waals surface area contributed by atoms with Gasteiger partial charge < -0.3 is 4.74 Å². The molecule has 0 aliphatic heterocycles. The Morgan fingerprint density at radius 3 is 2.94 bits per heavy atom. The van der Waals surface area contributed by atoms with Crippen molar-refractivity contribution in [2.75, 3.05) is 0 Å². The SMILES string of the molecule is Cc1ncccc1Oc1nnccc1C#N. The summed E-state index contributed by atoms with van der Waals surface area (Å²) in [5.74, 6) is 0.764. The standard InChI is InChI=1S/C11H8N4O/c1-8-10(3-2-5-13-8)16-11-9(7-12)4-6-14-15-11/h2-6H,1H3. The predicted octanol–water partition coefficient (Wildman–Crippen LogP) is 1.84. The van der Waals surface area contributed by atoms with Crippen LogP contribution in [0.4, 0.5) is 0 Å². The number of nitrogens with zero attached hydrogens (tertiary/aromatic N) is 4. The van der Waals surface area contributed by atoms with E-state index in [2.05, 4.69) is 15.2 Å². The number of rotatable bonds is 2. The summed E-state index contributed by atoms with van der Waals surface area (Å²) >= 11 is 0. The minimum atomic E-state index is 0.195. The molecule has 0 spiro atoms. The smallest absolute Gasteiger partial charge is 0.257 e. The molecule has 0 unspecified atom stereocenters. The van der Waals surface area contributed by atoms with Gasteiger partial charge in [-0.2, -0.15) is 10.4 Å². The van der Waals surface area contributed by atoms with Crippen LogP contribution < -0.4 is 4.74 Å². The van der Waals surface area contributed by atoms with Crippen LogP contribution in [-0.2, 0) is 0 Å². The Labute approximate surface area is 92.4 Å². The summed E-state index contributed by atoms with van der Waals surface area (Å²) in [6.45, 7) is 1.82. The topological polar surface area (TPSA) is 71.7 Å². The van der Waals surface area contributed by atoms with E-state index in [1.165, 1.54) is 6.20 Å². The first-order valence-corrected chi connectivity index (χ1v) is 4.62.